The molecule has 0 aliphatic heterocycles. The summed E-state index contributed by atoms with van der Waals surface area (Å²) in [7, 11) is 0. The fourth-order valence-electron chi connectivity index (χ4n) is 1.65. The topological polar surface area (TPSA) is 25.8 Å². The van der Waals surface area contributed by atoms with Gasteiger partial charge in [-0.15, -0.1) is 0 Å². The van der Waals surface area contributed by atoms with Crippen LogP contribution in [0.1, 0.15) is 45.0 Å². The van der Waals surface area contributed by atoms with Gasteiger partial charge in [-0.25, -0.2) is 9.97 Å². The van der Waals surface area contributed by atoms with E-state index in [-0.39, 0.29) is 0 Å². The lowest BCUT2D eigenvalue weighted by molar-refractivity contribution is 0.807. The van der Waals surface area contributed by atoms with Crippen LogP contribution >= 0.6 is 0 Å². The van der Waals surface area contributed by atoms with Crippen molar-refractivity contribution in [3.8, 4) is 0 Å². The summed E-state index contributed by atoms with van der Waals surface area (Å²) in [6, 6.07) is 8.00. The molecular weight excluding hydrogens is 196 g/mol. The summed E-state index contributed by atoms with van der Waals surface area (Å²) < 4.78 is 0. The molecule has 0 aliphatic rings. The number of fused-ring (bicyclic) bond motifs is 1. The first-order valence-corrected chi connectivity index (χ1v) is 5.92. The van der Waals surface area contributed by atoms with Crippen LogP contribution in [0.5, 0.6) is 0 Å². The number of nitrogens with zero attached hydrogens (tertiary/aromatic N) is 2. The molecule has 1 heterocycles. The number of aryl methyl sites for hydroxylation is 1. The molecule has 0 spiro atoms. The Hall–Kier alpha value is -1.44. The number of para-hydroxylation sites is 2. The Kier molecular flexibility index (Phi) is 4.41. The van der Waals surface area contributed by atoms with Gasteiger partial charge in [-0.1, -0.05) is 39.8 Å². The molecule has 86 valence electrons. The quantitative estimate of drug-likeness (QED) is 0.717. The lowest BCUT2D eigenvalue weighted by Crippen LogP contribution is -2.00. The van der Waals surface area contributed by atoms with Crippen molar-refractivity contribution in [1.82, 2.24) is 9.97 Å². The van der Waals surface area contributed by atoms with Crippen molar-refractivity contribution < 1.29 is 0 Å². The molecule has 0 bridgehead atoms. The summed E-state index contributed by atoms with van der Waals surface area (Å²) in [5, 5.41) is 0. The zero-order chi connectivity index (χ0) is 12.1. The Morgan fingerprint density at radius 1 is 0.938 bits per heavy atom. The fraction of sp³-hybridized carbons (Fsp3) is 0.429. The van der Waals surface area contributed by atoms with E-state index >= 15 is 0 Å². The van der Waals surface area contributed by atoms with E-state index in [9.17, 15) is 0 Å². The second-order valence-electron chi connectivity index (χ2n) is 3.84. The zero-order valence-corrected chi connectivity index (χ0v) is 10.8. The van der Waals surface area contributed by atoms with Gasteiger partial charge in [0.2, 0.25) is 0 Å². The van der Waals surface area contributed by atoms with Crippen LogP contribution in [0, 0.1) is 6.92 Å². The first-order valence-electron chi connectivity index (χ1n) is 5.92. The molecule has 1 aromatic heterocycles. The molecule has 0 amide bonds. The second-order valence-corrected chi connectivity index (χ2v) is 3.84. The SMILES string of the molecule is CC.Cc1nc2ccccc2nc1C(C)C. The van der Waals surface area contributed by atoms with E-state index in [4.69, 9.17) is 0 Å². The van der Waals surface area contributed by atoms with Crippen LogP contribution in [-0.4, -0.2) is 9.97 Å². The number of hydrogen-bond acceptors (Lipinski definition) is 2. The maximum atomic E-state index is 4.61. The molecule has 2 nitrogen and oxygen atoms in total. The van der Waals surface area contributed by atoms with Gasteiger partial charge < -0.3 is 0 Å². The van der Waals surface area contributed by atoms with Crippen molar-refractivity contribution in [3.05, 3.63) is 35.7 Å². The maximum absolute atomic E-state index is 4.61. The van der Waals surface area contributed by atoms with Crippen LogP contribution < -0.4 is 0 Å². The second kappa shape index (κ2) is 5.59. The highest BCUT2D eigenvalue weighted by molar-refractivity contribution is 5.74. The van der Waals surface area contributed by atoms with E-state index in [2.05, 4.69) is 23.8 Å². The fourth-order valence-corrected chi connectivity index (χ4v) is 1.65. The highest BCUT2D eigenvalue weighted by Crippen LogP contribution is 2.18. The lowest BCUT2D eigenvalue weighted by atomic mass is 10.1. The van der Waals surface area contributed by atoms with Gasteiger partial charge in [0.15, 0.2) is 0 Å². The van der Waals surface area contributed by atoms with Crippen molar-refractivity contribution in [3.63, 3.8) is 0 Å². The molecule has 0 saturated carbocycles. The summed E-state index contributed by atoms with van der Waals surface area (Å²) >= 11 is 0. The molecular formula is C14H20N2. The molecule has 0 aliphatic carbocycles. The Bertz CT molecular complexity index is 461. The third kappa shape index (κ3) is 2.57. The Labute approximate surface area is 97.7 Å². The monoisotopic (exact) mass is 216 g/mol. The number of hydrogen-bond donors (Lipinski definition) is 0. The molecule has 1 aromatic carbocycles. The molecule has 2 aromatic rings. The first-order chi connectivity index (χ1) is 7.68. The standard InChI is InChI=1S/C12H14N2.C2H6/c1-8(2)12-9(3)13-10-6-4-5-7-11(10)14-12;1-2/h4-8H,1-3H3;1-2H3. The molecule has 0 fully saturated rings. The van der Waals surface area contributed by atoms with Gasteiger partial charge in [-0.05, 0) is 25.0 Å². The summed E-state index contributed by atoms with van der Waals surface area (Å²) in [4.78, 5) is 9.15. The first kappa shape index (κ1) is 12.6. The van der Waals surface area contributed by atoms with E-state index in [1.165, 1.54) is 0 Å². The third-order valence-corrected chi connectivity index (χ3v) is 2.33. The smallest absolute Gasteiger partial charge is 0.0890 e. The molecule has 0 atom stereocenters. The van der Waals surface area contributed by atoms with Crippen molar-refractivity contribution >= 4 is 11.0 Å². The van der Waals surface area contributed by atoms with Gasteiger partial charge in [-0.3, -0.25) is 0 Å². The van der Waals surface area contributed by atoms with Crippen LogP contribution in [0.15, 0.2) is 24.3 Å². The summed E-state index contributed by atoms with van der Waals surface area (Å²) in [6.45, 7) is 10.3. The van der Waals surface area contributed by atoms with Gasteiger partial charge in [0.05, 0.1) is 22.4 Å². The van der Waals surface area contributed by atoms with Crippen LogP contribution in [-0.2, 0) is 0 Å². The minimum atomic E-state index is 0.437. The molecule has 16 heavy (non-hydrogen) atoms. The van der Waals surface area contributed by atoms with E-state index in [1.807, 2.05) is 45.0 Å². The minimum Gasteiger partial charge on any atom is -0.250 e. The molecule has 2 heteroatoms. The highest BCUT2D eigenvalue weighted by Gasteiger charge is 2.07. The lowest BCUT2D eigenvalue weighted by Gasteiger charge is -2.08. The van der Waals surface area contributed by atoms with Gasteiger partial charge in [0, 0.05) is 0 Å². The van der Waals surface area contributed by atoms with Gasteiger partial charge in [0.1, 0.15) is 0 Å². The highest BCUT2D eigenvalue weighted by atomic mass is 14.8. The molecule has 2 rings (SSSR count). The summed E-state index contributed by atoms with van der Waals surface area (Å²) in [5.74, 6) is 0.437. The van der Waals surface area contributed by atoms with Crippen molar-refractivity contribution in [2.75, 3.05) is 0 Å². The van der Waals surface area contributed by atoms with E-state index in [1.54, 1.807) is 0 Å². The van der Waals surface area contributed by atoms with E-state index in [0.29, 0.717) is 5.92 Å². The minimum absolute atomic E-state index is 0.437. The Morgan fingerprint density at radius 2 is 1.44 bits per heavy atom. The number of aromatic nitrogens is 2. The van der Waals surface area contributed by atoms with Crippen LogP contribution in [0.2, 0.25) is 0 Å². The van der Waals surface area contributed by atoms with Crippen molar-refractivity contribution in [2.24, 2.45) is 0 Å². The normalized spacial score (nSPS) is 10.1. The number of rotatable bonds is 1. The van der Waals surface area contributed by atoms with Crippen molar-refractivity contribution in [2.45, 2.75) is 40.5 Å². The zero-order valence-electron chi connectivity index (χ0n) is 10.8. The Morgan fingerprint density at radius 3 is 1.94 bits per heavy atom. The number of benzene rings is 1. The van der Waals surface area contributed by atoms with Crippen LogP contribution in [0.4, 0.5) is 0 Å². The maximum Gasteiger partial charge on any atom is 0.0890 e. The predicted octanol–water partition coefficient (Wildman–Crippen LogP) is 4.09. The largest absolute Gasteiger partial charge is 0.250 e. The van der Waals surface area contributed by atoms with Gasteiger partial charge in [-0.2, -0.15) is 0 Å². The average Bonchev–Trinajstić information content (AvgIpc) is 2.30. The molecule has 0 saturated heterocycles. The summed E-state index contributed by atoms with van der Waals surface area (Å²) in [5.41, 5.74) is 4.11. The molecule has 0 unspecified atom stereocenters. The average molecular weight is 216 g/mol. The van der Waals surface area contributed by atoms with Gasteiger partial charge in [0.25, 0.3) is 0 Å². The third-order valence-electron chi connectivity index (χ3n) is 2.33. The van der Waals surface area contributed by atoms with E-state index < -0.39 is 0 Å². The van der Waals surface area contributed by atoms with Gasteiger partial charge >= 0.3 is 0 Å². The summed E-state index contributed by atoms with van der Waals surface area (Å²) in [6.07, 6.45) is 0. The predicted molar refractivity (Wildman–Crippen MR) is 69.7 cm³/mol. The Balaban J connectivity index is 0.000000606. The van der Waals surface area contributed by atoms with Crippen LogP contribution in [0.3, 0.4) is 0 Å². The van der Waals surface area contributed by atoms with Crippen molar-refractivity contribution in [1.29, 1.82) is 0 Å². The van der Waals surface area contributed by atoms with E-state index in [0.717, 1.165) is 22.4 Å². The molecule has 0 N–H and O–H groups in total. The molecule has 0 radical (unpaired) electrons. The van der Waals surface area contributed by atoms with Crippen LogP contribution in [0.25, 0.3) is 11.0 Å².